The first-order valence-electron chi connectivity index (χ1n) is 11.1. The number of carbonyl (C=O) groups is 1. The van der Waals surface area contributed by atoms with Crippen LogP contribution in [0.5, 0.6) is 0 Å². The Bertz CT molecular complexity index is 695. The fraction of sp³-hybridized carbons (Fsp3) is 0.696. The highest BCUT2D eigenvalue weighted by atomic mass is 32.1. The van der Waals surface area contributed by atoms with Crippen molar-refractivity contribution in [3.05, 3.63) is 34.2 Å². The number of ether oxygens (including phenoxy) is 6. The van der Waals surface area contributed by atoms with Gasteiger partial charge in [0.25, 0.3) is 5.91 Å². The lowest BCUT2D eigenvalue weighted by Crippen LogP contribution is -2.42. The summed E-state index contributed by atoms with van der Waals surface area (Å²) in [4.78, 5) is 14.7. The Labute approximate surface area is 200 Å². The van der Waals surface area contributed by atoms with Crippen molar-refractivity contribution in [2.24, 2.45) is 5.92 Å². The largest absolute Gasteiger partial charge is 0.459 e. The summed E-state index contributed by atoms with van der Waals surface area (Å²) < 4.78 is 33.4. The molecule has 0 saturated carbocycles. The molecule has 0 unspecified atom stereocenters. The molecule has 2 heterocycles. The number of amides is 1. The quantitative estimate of drug-likeness (QED) is 0.280. The molecular weight excluding hydrogens is 450 g/mol. The van der Waals surface area contributed by atoms with E-state index in [2.05, 4.69) is 11.4 Å². The topological polar surface area (TPSA) is 95.9 Å². The van der Waals surface area contributed by atoms with Gasteiger partial charge in [-0.2, -0.15) is 11.3 Å². The van der Waals surface area contributed by atoms with Crippen LogP contribution in [0, 0.1) is 5.92 Å². The molecule has 0 radical (unpaired) electrons. The van der Waals surface area contributed by atoms with Crippen LogP contribution in [0.1, 0.15) is 24.8 Å². The third kappa shape index (κ3) is 8.64. The van der Waals surface area contributed by atoms with E-state index in [0.29, 0.717) is 39.5 Å². The molecule has 0 bridgehead atoms. The zero-order valence-corrected chi connectivity index (χ0v) is 20.8. The molecule has 188 valence electrons. The fourth-order valence-electron chi connectivity index (χ4n) is 3.62. The highest BCUT2D eigenvalue weighted by Gasteiger charge is 2.39. The number of likely N-dealkylation sites (N-methyl/N-ethyl adjacent to an activating group) is 1. The Morgan fingerprint density at radius 1 is 1.21 bits per heavy atom. The second kappa shape index (κ2) is 15.4. The molecule has 1 aliphatic heterocycles. The number of rotatable bonds is 16. The number of hydrogen-bond donors (Lipinski definition) is 1. The number of methoxy groups -OCH3 is 2. The predicted molar refractivity (Wildman–Crippen MR) is 124 cm³/mol. The second-order valence-electron chi connectivity index (χ2n) is 7.54. The third-order valence-electron chi connectivity index (χ3n) is 5.35. The van der Waals surface area contributed by atoms with E-state index in [1.165, 1.54) is 19.1 Å². The van der Waals surface area contributed by atoms with E-state index in [-0.39, 0.29) is 36.7 Å². The molecule has 0 fully saturated rings. The maximum Gasteiger partial charge on any atom is 0.288 e. The number of carbonyl (C=O) groups excluding carboxylic acids is 1. The zero-order chi connectivity index (χ0) is 24.1. The normalized spacial score (nSPS) is 20.5. The van der Waals surface area contributed by atoms with Gasteiger partial charge >= 0.3 is 0 Å². The van der Waals surface area contributed by atoms with E-state index in [0.717, 1.165) is 5.56 Å². The van der Waals surface area contributed by atoms with Crippen LogP contribution in [0.3, 0.4) is 0 Å². The van der Waals surface area contributed by atoms with E-state index >= 15 is 0 Å². The van der Waals surface area contributed by atoms with Crippen LogP contribution in [-0.4, -0.2) is 95.9 Å². The summed E-state index contributed by atoms with van der Waals surface area (Å²) in [6, 6.07) is 2.06. The number of aliphatic hydroxyl groups is 1. The summed E-state index contributed by atoms with van der Waals surface area (Å²) in [5.41, 5.74) is 1.11. The minimum Gasteiger partial charge on any atom is -0.459 e. The van der Waals surface area contributed by atoms with Gasteiger partial charge in [-0.15, -0.1) is 0 Å². The lowest BCUT2D eigenvalue weighted by molar-refractivity contribution is -0.174. The van der Waals surface area contributed by atoms with Crippen LogP contribution in [0.25, 0.3) is 0 Å². The lowest BCUT2D eigenvalue weighted by atomic mass is 9.82. The van der Waals surface area contributed by atoms with Gasteiger partial charge in [-0.3, -0.25) is 4.79 Å². The van der Waals surface area contributed by atoms with Crippen LogP contribution < -0.4 is 0 Å². The molecule has 1 aromatic heterocycles. The monoisotopic (exact) mass is 487 g/mol. The maximum atomic E-state index is 13.1. The molecule has 9 nitrogen and oxygen atoms in total. The summed E-state index contributed by atoms with van der Waals surface area (Å²) in [6.07, 6.45) is 1.48. The number of nitrogens with zero attached hydrogens (tertiary/aromatic N) is 1. The highest BCUT2D eigenvalue weighted by molar-refractivity contribution is 7.08. The minimum absolute atomic E-state index is 0.00204. The SMILES string of the molecule is CCO[C@H]1OC(C(=O)N(C)CC(OC)OC)=C[C@@H](c2ccsc2)[C@@H]1CCOCCOCCO. The molecule has 1 aromatic rings. The summed E-state index contributed by atoms with van der Waals surface area (Å²) in [5.74, 6) is -0.0725. The molecule has 3 atom stereocenters. The van der Waals surface area contributed by atoms with Gasteiger partial charge in [0.2, 0.25) is 6.29 Å². The Morgan fingerprint density at radius 2 is 1.94 bits per heavy atom. The van der Waals surface area contributed by atoms with Crippen LogP contribution in [-0.2, 0) is 33.2 Å². The molecule has 1 N–H and O–H groups in total. The van der Waals surface area contributed by atoms with E-state index in [4.69, 9.17) is 33.5 Å². The van der Waals surface area contributed by atoms with Gasteiger partial charge in [-0.05, 0) is 41.8 Å². The molecule has 0 spiro atoms. The average Bonchev–Trinajstić information content (AvgIpc) is 3.36. The average molecular weight is 488 g/mol. The summed E-state index contributed by atoms with van der Waals surface area (Å²) in [6.45, 7) is 4.31. The minimum atomic E-state index is -0.577. The van der Waals surface area contributed by atoms with Crippen molar-refractivity contribution < 1.29 is 38.3 Å². The van der Waals surface area contributed by atoms with Gasteiger partial charge < -0.3 is 38.4 Å². The Balaban J connectivity index is 2.13. The Kier molecular flexibility index (Phi) is 12.9. The van der Waals surface area contributed by atoms with Crippen molar-refractivity contribution >= 4 is 17.2 Å². The van der Waals surface area contributed by atoms with Crippen molar-refractivity contribution in [1.29, 1.82) is 0 Å². The molecule has 0 saturated heterocycles. The van der Waals surface area contributed by atoms with Gasteiger partial charge in [-0.1, -0.05) is 0 Å². The first-order chi connectivity index (χ1) is 16.0. The van der Waals surface area contributed by atoms with Crippen molar-refractivity contribution in [3.63, 3.8) is 0 Å². The smallest absolute Gasteiger partial charge is 0.288 e. The first-order valence-corrected chi connectivity index (χ1v) is 12.1. The molecule has 1 aliphatic rings. The number of thiophene rings is 1. The molecule has 1 amide bonds. The summed E-state index contributed by atoms with van der Waals surface area (Å²) >= 11 is 1.61. The molecule has 0 aliphatic carbocycles. The summed E-state index contributed by atoms with van der Waals surface area (Å²) in [5, 5.41) is 12.9. The van der Waals surface area contributed by atoms with Crippen molar-refractivity contribution in [2.45, 2.75) is 31.8 Å². The fourth-order valence-corrected chi connectivity index (χ4v) is 4.33. The number of aliphatic hydroxyl groups excluding tert-OH is 1. The molecule has 10 heteroatoms. The number of hydrogen-bond acceptors (Lipinski definition) is 9. The van der Waals surface area contributed by atoms with Crippen molar-refractivity contribution in [3.8, 4) is 0 Å². The number of allylic oxidation sites excluding steroid dienone is 1. The van der Waals surface area contributed by atoms with Gasteiger partial charge in [0.15, 0.2) is 12.0 Å². The van der Waals surface area contributed by atoms with Crippen LogP contribution >= 0.6 is 11.3 Å². The van der Waals surface area contributed by atoms with E-state index < -0.39 is 12.6 Å². The Hall–Kier alpha value is -1.53. The van der Waals surface area contributed by atoms with Crippen LogP contribution in [0.4, 0.5) is 0 Å². The molecule has 33 heavy (non-hydrogen) atoms. The first kappa shape index (κ1) is 27.7. The van der Waals surface area contributed by atoms with Crippen molar-refractivity contribution in [2.75, 3.05) is 67.5 Å². The van der Waals surface area contributed by atoms with Gasteiger partial charge in [0, 0.05) is 46.3 Å². The molecule has 0 aromatic carbocycles. The van der Waals surface area contributed by atoms with Crippen LogP contribution in [0.15, 0.2) is 28.7 Å². The lowest BCUT2D eigenvalue weighted by Gasteiger charge is -2.37. The predicted octanol–water partition coefficient (Wildman–Crippen LogP) is 2.22. The van der Waals surface area contributed by atoms with Crippen molar-refractivity contribution in [1.82, 2.24) is 4.90 Å². The summed E-state index contributed by atoms with van der Waals surface area (Å²) in [7, 11) is 4.75. The maximum absolute atomic E-state index is 13.1. The van der Waals surface area contributed by atoms with E-state index in [1.807, 2.05) is 18.4 Å². The van der Waals surface area contributed by atoms with Gasteiger partial charge in [0.1, 0.15) is 0 Å². The van der Waals surface area contributed by atoms with E-state index in [9.17, 15) is 4.79 Å². The van der Waals surface area contributed by atoms with Gasteiger partial charge in [-0.25, -0.2) is 0 Å². The van der Waals surface area contributed by atoms with Gasteiger partial charge in [0.05, 0.1) is 33.0 Å². The molecular formula is C23H37NO8S. The zero-order valence-electron chi connectivity index (χ0n) is 19.9. The third-order valence-corrected chi connectivity index (χ3v) is 6.05. The standard InChI is InChI=1S/C23H37NO8S/c1-5-31-23-18(6-9-29-11-12-30-10-8-25)19(17-7-13-33-16-17)14-20(32-23)22(26)24(2)15-21(27-3)28-4/h7,13-14,16,18-19,21,23,25H,5-6,8-12,15H2,1-4H3/t18-,19-,23-/m0/s1. The van der Waals surface area contributed by atoms with E-state index in [1.54, 1.807) is 18.4 Å². The van der Waals surface area contributed by atoms with Crippen LogP contribution in [0.2, 0.25) is 0 Å². The second-order valence-corrected chi connectivity index (χ2v) is 8.32. The molecule has 2 rings (SSSR count). The highest BCUT2D eigenvalue weighted by Crippen LogP contribution is 2.39. The Morgan fingerprint density at radius 3 is 2.55 bits per heavy atom.